The minimum absolute atomic E-state index is 0.0527. The molecule has 0 aliphatic carbocycles. The Labute approximate surface area is 122 Å². The average Bonchev–Trinajstić information content (AvgIpc) is 2.37. The summed E-state index contributed by atoms with van der Waals surface area (Å²) >= 11 is 0. The number of piperidine rings is 1. The maximum Gasteiger partial charge on any atom is 0.416 e. The second-order valence-electron chi connectivity index (χ2n) is 6.05. The normalized spacial score (nSPS) is 27.8. The molecule has 2 rings (SSSR count). The zero-order valence-corrected chi connectivity index (χ0v) is 12.2. The molecule has 0 radical (unpaired) electrons. The summed E-state index contributed by atoms with van der Waals surface area (Å²) in [4.78, 5) is 1.96. The van der Waals surface area contributed by atoms with Gasteiger partial charge in [0.05, 0.1) is 11.7 Å². The van der Waals surface area contributed by atoms with E-state index in [1.165, 1.54) is 12.1 Å². The summed E-state index contributed by atoms with van der Waals surface area (Å²) in [7, 11) is 0. The van der Waals surface area contributed by atoms with Gasteiger partial charge < -0.3 is 10.8 Å². The van der Waals surface area contributed by atoms with Crippen molar-refractivity contribution >= 4 is 5.69 Å². The standard InChI is InChI=1S/C15H21F3N2O/c1-9-6-20(7-10(2)14(9)21)8-11-3-4-12(19)5-13(11)15(16,17)18/h3-5,9-10,14,21H,6-8,19H2,1-2H3/t9-,10+,14?. The Hall–Kier alpha value is -1.27. The van der Waals surface area contributed by atoms with Crippen LogP contribution in [-0.4, -0.2) is 29.2 Å². The Balaban J connectivity index is 2.20. The number of aliphatic hydroxyl groups is 1. The predicted molar refractivity (Wildman–Crippen MR) is 75.5 cm³/mol. The number of rotatable bonds is 2. The molecular formula is C15H21F3N2O. The summed E-state index contributed by atoms with van der Waals surface area (Å²) in [5, 5.41) is 9.93. The highest BCUT2D eigenvalue weighted by Crippen LogP contribution is 2.34. The Morgan fingerprint density at radius 2 is 1.81 bits per heavy atom. The zero-order valence-electron chi connectivity index (χ0n) is 12.2. The molecule has 0 saturated carbocycles. The van der Waals surface area contributed by atoms with E-state index in [2.05, 4.69) is 0 Å². The molecule has 6 heteroatoms. The Morgan fingerprint density at radius 1 is 1.24 bits per heavy atom. The van der Waals surface area contributed by atoms with E-state index in [0.717, 1.165) is 6.07 Å². The van der Waals surface area contributed by atoms with E-state index in [0.29, 0.717) is 13.1 Å². The van der Waals surface area contributed by atoms with Crippen LogP contribution in [-0.2, 0) is 12.7 Å². The van der Waals surface area contributed by atoms with Gasteiger partial charge in [-0.05, 0) is 29.5 Å². The fourth-order valence-electron chi connectivity index (χ4n) is 3.03. The van der Waals surface area contributed by atoms with E-state index >= 15 is 0 Å². The van der Waals surface area contributed by atoms with Crippen LogP contribution in [0.2, 0.25) is 0 Å². The highest BCUT2D eigenvalue weighted by atomic mass is 19.4. The Morgan fingerprint density at radius 3 is 2.33 bits per heavy atom. The first-order valence-corrected chi connectivity index (χ1v) is 7.04. The molecule has 1 aliphatic heterocycles. The third-order valence-corrected chi connectivity index (χ3v) is 4.09. The van der Waals surface area contributed by atoms with Crippen molar-refractivity contribution in [3.05, 3.63) is 29.3 Å². The average molecular weight is 302 g/mol. The zero-order chi connectivity index (χ0) is 15.8. The van der Waals surface area contributed by atoms with Crippen molar-refractivity contribution in [1.82, 2.24) is 4.90 Å². The van der Waals surface area contributed by atoms with E-state index in [9.17, 15) is 18.3 Å². The second kappa shape index (κ2) is 5.85. The number of halogens is 3. The van der Waals surface area contributed by atoms with Crippen LogP contribution in [0.3, 0.4) is 0 Å². The molecule has 21 heavy (non-hydrogen) atoms. The van der Waals surface area contributed by atoms with Crippen molar-refractivity contribution in [2.75, 3.05) is 18.8 Å². The van der Waals surface area contributed by atoms with Crippen molar-refractivity contribution in [2.45, 2.75) is 32.7 Å². The quantitative estimate of drug-likeness (QED) is 0.826. The molecule has 3 N–H and O–H groups in total. The van der Waals surface area contributed by atoms with Gasteiger partial charge in [0.25, 0.3) is 0 Å². The number of nitrogen functional groups attached to an aromatic ring is 1. The second-order valence-corrected chi connectivity index (χ2v) is 6.05. The van der Waals surface area contributed by atoms with E-state index in [1.807, 2.05) is 18.7 Å². The molecule has 1 fully saturated rings. The van der Waals surface area contributed by atoms with Crippen molar-refractivity contribution in [3.8, 4) is 0 Å². The lowest BCUT2D eigenvalue weighted by molar-refractivity contribution is -0.138. The minimum Gasteiger partial charge on any atom is -0.399 e. The summed E-state index contributed by atoms with van der Waals surface area (Å²) in [6.07, 6.45) is -4.80. The van der Waals surface area contributed by atoms with E-state index in [-0.39, 0.29) is 29.6 Å². The SMILES string of the molecule is C[C@@H]1CN(Cc2ccc(N)cc2C(F)(F)F)C[C@H](C)C1O. The number of alkyl halides is 3. The molecular weight excluding hydrogens is 281 g/mol. The van der Waals surface area contributed by atoms with Gasteiger partial charge in [-0.25, -0.2) is 0 Å². The van der Waals surface area contributed by atoms with Crippen molar-refractivity contribution in [3.63, 3.8) is 0 Å². The molecule has 118 valence electrons. The first-order chi connectivity index (χ1) is 9.68. The lowest BCUT2D eigenvalue weighted by atomic mass is 9.88. The number of benzene rings is 1. The first kappa shape index (κ1) is 16.1. The molecule has 3 nitrogen and oxygen atoms in total. The van der Waals surface area contributed by atoms with E-state index < -0.39 is 17.8 Å². The van der Waals surface area contributed by atoms with E-state index in [4.69, 9.17) is 5.73 Å². The Kier molecular flexibility index (Phi) is 4.49. The van der Waals surface area contributed by atoms with Gasteiger partial charge in [-0.15, -0.1) is 0 Å². The number of hydrogen-bond acceptors (Lipinski definition) is 3. The van der Waals surface area contributed by atoms with Crippen LogP contribution < -0.4 is 5.73 Å². The molecule has 1 heterocycles. The van der Waals surface area contributed by atoms with Crippen LogP contribution in [0.5, 0.6) is 0 Å². The third kappa shape index (κ3) is 3.68. The predicted octanol–water partition coefficient (Wildman–Crippen LogP) is 2.74. The molecule has 0 amide bonds. The topological polar surface area (TPSA) is 49.5 Å². The summed E-state index contributed by atoms with van der Waals surface area (Å²) in [5.74, 6) is 0.105. The van der Waals surface area contributed by atoms with Crippen LogP contribution in [0.4, 0.5) is 18.9 Å². The van der Waals surface area contributed by atoms with Gasteiger partial charge in [0.1, 0.15) is 0 Å². The third-order valence-electron chi connectivity index (χ3n) is 4.09. The molecule has 3 atom stereocenters. The highest BCUT2D eigenvalue weighted by Gasteiger charge is 2.35. The van der Waals surface area contributed by atoms with Crippen LogP contribution in [0.15, 0.2) is 18.2 Å². The lowest BCUT2D eigenvalue weighted by Gasteiger charge is -2.39. The van der Waals surface area contributed by atoms with Crippen molar-refractivity contribution in [2.24, 2.45) is 11.8 Å². The molecule has 0 bridgehead atoms. The summed E-state index contributed by atoms with van der Waals surface area (Å²) < 4.78 is 39.3. The van der Waals surface area contributed by atoms with Gasteiger partial charge in [0.2, 0.25) is 0 Å². The van der Waals surface area contributed by atoms with Gasteiger partial charge in [-0.3, -0.25) is 4.90 Å². The molecule has 1 aromatic rings. The summed E-state index contributed by atoms with van der Waals surface area (Å²) in [6, 6.07) is 3.93. The lowest BCUT2D eigenvalue weighted by Crippen LogP contribution is -2.47. The number of likely N-dealkylation sites (tertiary alicyclic amines) is 1. The fourth-order valence-corrected chi connectivity index (χ4v) is 3.03. The highest BCUT2D eigenvalue weighted by molar-refractivity contribution is 5.46. The van der Waals surface area contributed by atoms with Crippen molar-refractivity contribution in [1.29, 1.82) is 0 Å². The number of nitrogens with two attached hydrogens (primary N) is 1. The first-order valence-electron chi connectivity index (χ1n) is 7.04. The van der Waals surface area contributed by atoms with Gasteiger partial charge in [-0.2, -0.15) is 13.2 Å². The number of anilines is 1. The van der Waals surface area contributed by atoms with E-state index in [1.54, 1.807) is 0 Å². The van der Waals surface area contributed by atoms with Gasteiger partial charge in [-0.1, -0.05) is 19.9 Å². The molecule has 1 aliphatic rings. The number of hydrogen-bond donors (Lipinski definition) is 2. The number of aliphatic hydroxyl groups excluding tert-OH is 1. The summed E-state index contributed by atoms with van der Waals surface area (Å²) in [6.45, 7) is 5.23. The monoisotopic (exact) mass is 302 g/mol. The van der Waals surface area contributed by atoms with Crippen LogP contribution in [0.25, 0.3) is 0 Å². The van der Waals surface area contributed by atoms with Gasteiger partial charge in [0.15, 0.2) is 0 Å². The maximum absolute atomic E-state index is 13.1. The van der Waals surface area contributed by atoms with Crippen LogP contribution in [0.1, 0.15) is 25.0 Å². The largest absolute Gasteiger partial charge is 0.416 e. The number of nitrogens with zero attached hydrogens (tertiary/aromatic N) is 1. The minimum atomic E-state index is -4.41. The van der Waals surface area contributed by atoms with Crippen LogP contribution in [0, 0.1) is 11.8 Å². The molecule has 1 saturated heterocycles. The maximum atomic E-state index is 13.1. The van der Waals surface area contributed by atoms with Crippen LogP contribution >= 0.6 is 0 Å². The van der Waals surface area contributed by atoms with Crippen molar-refractivity contribution < 1.29 is 18.3 Å². The van der Waals surface area contributed by atoms with Gasteiger partial charge >= 0.3 is 6.18 Å². The fraction of sp³-hybridized carbons (Fsp3) is 0.600. The summed E-state index contributed by atoms with van der Waals surface area (Å²) in [5.41, 5.74) is 5.14. The van der Waals surface area contributed by atoms with Gasteiger partial charge in [0, 0.05) is 25.3 Å². The molecule has 1 aromatic carbocycles. The smallest absolute Gasteiger partial charge is 0.399 e. The molecule has 0 aromatic heterocycles. The molecule has 1 unspecified atom stereocenters. The molecule has 0 spiro atoms. The Bertz CT molecular complexity index is 492.